The maximum Gasteiger partial charge on any atom is 0.434 e. The van der Waals surface area contributed by atoms with Crippen LogP contribution >= 0.6 is 0 Å². The molecule has 0 aliphatic rings. The molecule has 0 saturated carbocycles. The first-order valence-electron chi connectivity index (χ1n) is 4.60. The molecular weight excluding hydrogens is 251 g/mol. The van der Waals surface area contributed by atoms with E-state index >= 15 is 0 Å². The molecule has 0 aliphatic carbocycles. The van der Waals surface area contributed by atoms with E-state index in [1.165, 1.54) is 0 Å². The Morgan fingerprint density at radius 3 is 2.78 bits per heavy atom. The Morgan fingerprint density at radius 2 is 2.22 bits per heavy atom. The number of esters is 1. The van der Waals surface area contributed by atoms with Gasteiger partial charge in [-0.1, -0.05) is 11.8 Å². The van der Waals surface area contributed by atoms with Crippen LogP contribution in [-0.4, -0.2) is 23.0 Å². The summed E-state index contributed by atoms with van der Waals surface area (Å²) < 4.78 is 42.0. The SMILES string of the molecule is COC(=O)CC#Cc1cnc(N)nc1C(F)(F)F. The van der Waals surface area contributed by atoms with Gasteiger partial charge in [0.1, 0.15) is 6.42 Å². The van der Waals surface area contributed by atoms with E-state index in [1.54, 1.807) is 0 Å². The minimum Gasteiger partial charge on any atom is -0.468 e. The molecule has 2 N–H and O–H groups in total. The highest BCUT2D eigenvalue weighted by molar-refractivity contribution is 5.72. The van der Waals surface area contributed by atoms with Gasteiger partial charge < -0.3 is 10.5 Å². The lowest BCUT2D eigenvalue weighted by Gasteiger charge is -2.07. The molecule has 0 spiro atoms. The second kappa shape index (κ2) is 5.35. The molecule has 0 bridgehead atoms. The van der Waals surface area contributed by atoms with Gasteiger partial charge in [0.2, 0.25) is 5.95 Å². The quantitative estimate of drug-likeness (QED) is 0.601. The third-order valence-corrected chi connectivity index (χ3v) is 1.76. The lowest BCUT2D eigenvalue weighted by atomic mass is 10.2. The summed E-state index contributed by atoms with van der Waals surface area (Å²) in [5, 5.41) is 0. The van der Waals surface area contributed by atoms with Crippen LogP contribution in [0, 0.1) is 11.8 Å². The van der Waals surface area contributed by atoms with Crippen LogP contribution in [-0.2, 0) is 15.7 Å². The van der Waals surface area contributed by atoms with Gasteiger partial charge in [0.05, 0.1) is 12.7 Å². The van der Waals surface area contributed by atoms with Crippen molar-refractivity contribution in [1.29, 1.82) is 0 Å². The predicted octanol–water partition coefficient (Wildman–Crippen LogP) is 0.992. The Labute approximate surface area is 100 Å². The first-order chi connectivity index (χ1) is 8.34. The van der Waals surface area contributed by atoms with Crippen molar-refractivity contribution in [3.63, 3.8) is 0 Å². The van der Waals surface area contributed by atoms with Crippen LogP contribution in [0.2, 0.25) is 0 Å². The monoisotopic (exact) mass is 259 g/mol. The van der Waals surface area contributed by atoms with Crippen LogP contribution in [0.15, 0.2) is 6.20 Å². The summed E-state index contributed by atoms with van der Waals surface area (Å²) in [6.07, 6.45) is -4.15. The van der Waals surface area contributed by atoms with E-state index in [9.17, 15) is 18.0 Å². The molecule has 0 atom stereocenters. The normalized spacial score (nSPS) is 10.4. The number of nitrogens with two attached hydrogens (primary N) is 1. The van der Waals surface area contributed by atoms with E-state index in [2.05, 4.69) is 26.5 Å². The molecule has 5 nitrogen and oxygen atoms in total. The Balaban J connectivity index is 3.06. The number of halogens is 3. The number of hydrogen-bond acceptors (Lipinski definition) is 5. The van der Waals surface area contributed by atoms with Gasteiger partial charge in [-0.15, -0.1) is 0 Å². The molecule has 18 heavy (non-hydrogen) atoms. The zero-order valence-corrected chi connectivity index (χ0v) is 9.21. The molecule has 0 saturated heterocycles. The molecule has 0 radical (unpaired) electrons. The van der Waals surface area contributed by atoms with Crippen molar-refractivity contribution in [2.24, 2.45) is 0 Å². The van der Waals surface area contributed by atoms with Gasteiger partial charge in [0.15, 0.2) is 5.69 Å². The number of nitrogens with zero attached hydrogens (tertiary/aromatic N) is 2. The van der Waals surface area contributed by atoms with Crippen molar-refractivity contribution in [1.82, 2.24) is 9.97 Å². The fourth-order valence-corrected chi connectivity index (χ4v) is 0.987. The first kappa shape index (κ1) is 13.8. The zero-order chi connectivity index (χ0) is 13.8. The van der Waals surface area contributed by atoms with Crippen LogP contribution in [0.4, 0.5) is 19.1 Å². The Morgan fingerprint density at radius 1 is 1.56 bits per heavy atom. The van der Waals surface area contributed by atoms with Crippen molar-refractivity contribution < 1.29 is 22.7 Å². The van der Waals surface area contributed by atoms with Gasteiger partial charge in [-0.2, -0.15) is 13.2 Å². The molecule has 1 aromatic heterocycles. The number of rotatable bonds is 1. The summed E-state index contributed by atoms with van der Waals surface area (Å²) >= 11 is 0. The summed E-state index contributed by atoms with van der Waals surface area (Å²) in [5.41, 5.74) is 3.40. The van der Waals surface area contributed by atoms with Crippen molar-refractivity contribution >= 4 is 11.9 Å². The van der Waals surface area contributed by atoms with Crippen LogP contribution in [0.25, 0.3) is 0 Å². The minimum absolute atomic E-state index is 0.321. The van der Waals surface area contributed by atoms with E-state index in [1.807, 2.05) is 0 Å². The highest BCUT2D eigenvalue weighted by Crippen LogP contribution is 2.29. The molecular formula is C10H8F3N3O2. The molecule has 0 amide bonds. The summed E-state index contributed by atoms with van der Waals surface area (Å²) in [6, 6.07) is 0. The predicted molar refractivity (Wildman–Crippen MR) is 55.0 cm³/mol. The zero-order valence-electron chi connectivity index (χ0n) is 9.21. The Bertz CT molecular complexity index is 517. The van der Waals surface area contributed by atoms with Crippen LogP contribution < -0.4 is 5.73 Å². The second-order valence-corrected chi connectivity index (χ2v) is 3.04. The van der Waals surface area contributed by atoms with Gasteiger partial charge in [0, 0.05) is 6.20 Å². The molecule has 0 fully saturated rings. The van der Waals surface area contributed by atoms with Crippen LogP contribution in [0.5, 0.6) is 0 Å². The average molecular weight is 259 g/mol. The third-order valence-electron chi connectivity index (χ3n) is 1.76. The summed E-state index contributed by atoms with van der Waals surface area (Å²) in [5.74, 6) is 3.25. The number of anilines is 1. The number of carbonyl (C=O) groups is 1. The number of hydrogen-bond donors (Lipinski definition) is 1. The maximum absolute atomic E-state index is 12.6. The molecule has 1 rings (SSSR count). The van der Waals surface area contributed by atoms with E-state index in [4.69, 9.17) is 5.73 Å². The number of carbonyl (C=O) groups excluding carboxylic acids is 1. The molecule has 0 unspecified atom stereocenters. The minimum atomic E-state index is -4.69. The third kappa shape index (κ3) is 3.62. The largest absolute Gasteiger partial charge is 0.468 e. The van der Waals surface area contributed by atoms with Crippen molar-refractivity contribution in [3.8, 4) is 11.8 Å². The average Bonchev–Trinajstić information content (AvgIpc) is 2.29. The van der Waals surface area contributed by atoms with E-state index in [-0.39, 0.29) is 6.42 Å². The Hall–Kier alpha value is -2.30. The van der Waals surface area contributed by atoms with Gasteiger partial charge in [-0.3, -0.25) is 4.79 Å². The lowest BCUT2D eigenvalue weighted by molar-refractivity contribution is -0.141. The smallest absolute Gasteiger partial charge is 0.434 e. The fraction of sp³-hybridized carbons (Fsp3) is 0.300. The summed E-state index contributed by atoms with van der Waals surface area (Å²) in [4.78, 5) is 17.2. The van der Waals surface area contributed by atoms with Crippen molar-refractivity contribution in [2.75, 3.05) is 12.8 Å². The molecule has 0 aromatic carbocycles. The fourth-order valence-electron chi connectivity index (χ4n) is 0.987. The molecule has 1 heterocycles. The highest BCUT2D eigenvalue weighted by Gasteiger charge is 2.35. The number of alkyl halides is 3. The molecule has 8 heteroatoms. The van der Waals surface area contributed by atoms with Crippen LogP contribution in [0.1, 0.15) is 17.7 Å². The molecule has 0 aliphatic heterocycles. The van der Waals surface area contributed by atoms with Gasteiger partial charge >= 0.3 is 12.1 Å². The van der Waals surface area contributed by atoms with E-state index < -0.39 is 29.4 Å². The summed E-state index contributed by atoms with van der Waals surface area (Å²) in [6.45, 7) is 0. The number of methoxy groups -OCH3 is 1. The summed E-state index contributed by atoms with van der Waals surface area (Å²) in [7, 11) is 1.15. The Kier molecular flexibility index (Phi) is 4.09. The first-order valence-corrected chi connectivity index (χ1v) is 4.60. The number of nitrogen functional groups attached to an aromatic ring is 1. The van der Waals surface area contributed by atoms with Gasteiger partial charge in [-0.25, -0.2) is 9.97 Å². The van der Waals surface area contributed by atoms with Crippen molar-refractivity contribution in [3.05, 3.63) is 17.5 Å². The van der Waals surface area contributed by atoms with E-state index in [0.717, 1.165) is 13.3 Å². The van der Waals surface area contributed by atoms with Gasteiger partial charge in [-0.05, 0) is 0 Å². The standard InChI is InChI=1S/C10H8F3N3O2/c1-18-7(17)4-2-3-6-5-15-9(14)16-8(6)10(11,12)13/h5H,4H2,1H3,(H2,14,15,16). The van der Waals surface area contributed by atoms with Crippen LogP contribution in [0.3, 0.4) is 0 Å². The second-order valence-electron chi connectivity index (χ2n) is 3.04. The van der Waals surface area contributed by atoms with Gasteiger partial charge in [0.25, 0.3) is 0 Å². The number of aromatic nitrogens is 2. The topological polar surface area (TPSA) is 78.1 Å². The lowest BCUT2D eigenvalue weighted by Crippen LogP contribution is -2.13. The molecule has 1 aromatic rings. The van der Waals surface area contributed by atoms with Crippen molar-refractivity contribution in [2.45, 2.75) is 12.6 Å². The highest BCUT2D eigenvalue weighted by atomic mass is 19.4. The molecule has 96 valence electrons. The number of ether oxygens (including phenoxy) is 1. The van der Waals surface area contributed by atoms with E-state index in [0.29, 0.717) is 0 Å². The maximum atomic E-state index is 12.6.